The molecule has 3 heterocycles. The number of rotatable bonds is 6. The van der Waals surface area contributed by atoms with Crippen molar-refractivity contribution in [1.29, 1.82) is 0 Å². The van der Waals surface area contributed by atoms with Crippen LogP contribution in [0.25, 0.3) is 10.3 Å². The number of carbonyl (C=O) groups is 2. The molecule has 0 spiro atoms. The van der Waals surface area contributed by atoms with Crippen molar-refractivity contribution in [3.63, 3.8) is 0 Å². The standard InChI is InChI=1S/C19H26N6O3S/c1-11(2)21-14(26)9-25-10-20-16-15(18(25)28)29-19(23-16)24-7-3-4-12(8-24)17(27)22-13-5-6-13/h10-13H,3-9H2,1-2H3,(H,21,26)(H,22,27)/t12-/m1/s1. The second-order valence-corrected chi connectivity index (χ2v) is 9.09. The summed E-state index contributed by atoms with van der Waals surface area (Å²) in [5, 5.41) is 6.56. The number of thiazole rings is 1. The molecule has 10 heteroatoms. The summed E-state index contributed by atoms with van der Waals surface area (Å²) in [5.41, 5.74) is 0.123. The smallest absolute Gasteiger partial charge is 0.273 e. The number of aromatic nitrogens is 3. The lowest BCUT2D eigenvalue weighted by molar-refractivity contribution is -0.125. The summed E-state index contributed by atoms with van der Waals surface area (Å²) in [7, 11) is 0. The van der Waals surface area contributed by atoms with Gasteiger partial charge >= 0.3 is 0 Å². The number of piperidine rings is 1. The zero-order chi connectivity index (χ0) is 20.5. The van der Waals surface area contributed by atoms with Crippen LogP contribution in [0.3, 0.4) is 0 Å². The van der Waals surface area contributed by atoms with Gasteiger partial charge in [-0.3, -0.25) is 19.0 Å². The highest BCUT2D eigenvalue weighted by atomic mass is 32.1. The van der Waals surface area contributed by atoms with Crippen molar-refractivity contribution < 1.29 is 9.59 Å². The molecule has 29 heavy (non-hydrogen) atoms. The highest BCUT2D eigenvalue weighted by Crippen LogP contribution is 2.30. The molecule has 0 aromatic carbocycles. The van der Waals surface area contributed by atoms with Crippen LogP contribution in [0.15, 0.2) is 11.1 Å². The lowest BCUT2D eigenvalue weighted by Gasteiger charge is -2.31. The Morgan fingerprint density at radius 1 is 1.31 bits per heavy atom. The van der Waals surface area contributed by atoms with Gasteiger partial charge in [0.2, 0.25) is 11.8 Å². The molecule has 2 aromatic heterocycles. The molecule has 2 fully saturated rings. The maximum absolute atomic E-state index is 12.8. The van der Waals surface area contributed by atoms with Crippen LogP contribution in [0.2, 0.25) is 0 Å². The molecule has 2 N–H and O–H groups in total. The van der Waals surface area contributed by atoms with Crippen LogP contribution in [0.5, 0.6) is 0 Å². The number of fused-ring (bicyclic) bond motifs is 1. The summed E-state index contributed by atoms with van der Waals surface area (Å²) in [5.74, 6) is -0.163. The Balaban J connectivity index is 1.50. The SMILES string of the molecule is CC(C)NC(=O)Cn1cnc2nc(N3CCC[C@@H](C(=O)NC4CC4)C3)sc2c1=O. The van der Waals surface area contributed by atoms with Crippen molar-refractivity contribution in [2.24, 2.45) is 5.92 Å². The maximum atomic E-state index is 12.8. The Morgan fingerprint density at radius 2 is 2.10 bits per heavy atom. The Hall–Kier alpha value is -2.49. The molecule has 2 aliphatic rings. The molecule has 0 radical (unpaired) electrons. The van der Waals surface area contributed by atoms with E-state index in [1.165, 1.54) is 22.2 Å². The molecule has 2 aromatic rings. The van der Waals surface area contributed by atoms with Gasteiger partial charge in [-0.2, -0.15) is 4.98 Å². The van der Waals surface area contributed by atoms with Crippen LogP contribution >= 0.6 is 11.3 Å². The van der Waals surface area contributed by atoms with Gasteiger partial charge in [0.1, 0.15) is 17.6 Å². The number of hydrogen-bond donors (Lipinski definition) is 2. The monoisotopic (exact) mass is 418 g/mol. The van der Waals surface area contributed by atoms with Gasteiger partial charge in [-0.1, -0.05) is 11.3 Å². The summed E-state index contributed by atoms with van der Waals surface area (Å²) in [6.45, 7) is 5.07. The van der Waals surface area contributed by atoms with E-state index in [1.807, 2.05) is 13.8 Å². The first-order chi connectivity index (χ1) is 13.9. The van der Waals surface area contributed by atoms with Crippen molar-refractivity contribution in [3.8, 4) is 0 Å². The summed E-state index contributed by atoms with van der Waals surface area (Å²) in [6.07, 6.45) is 5.30. The molecule has 2 amide bonds. The van der Waals surface area contributed by atoms with Crippen LogP contribution in [0.1, 0.15) is 39.5 Å². The molecule has 1 aliphatic heterocycles. The minimum Gasteiger partial charge on any atom is -0.353 e. The normalized spacial score (nSPS) is 19.6. The van der Waals surface area contributed by atoms with Crippen molar-refractivity contribution in [2.75, 3.05) is 18.0 Å². The lowest BCUT2D eigenvalue weighted by Crippen LogP contribution is -2.43. The average molecular weight is 419 g/mol. The first-order valence-electron chi connectivity index (χ1n) is 10.1. The molecule has 1 saturated heterocycles. The minimum atomic E-state index is -0.266. The summed E-state index contributed by atoms with van der Waals surface area (Å²) >= 11 is 1.28. The molecule has 9 nitrogen and oxygen atoms in total. The molecule has 1 atom stereocenters. The molecular formula is C19H26N6O3S. The highest BCUT2D eigenvalue weighted by molar-refractivity contribution is 7.22. The fourth-order valence-corrected chi connectivity index (χ4v) is 4.52. The van der Waals surface area contributed by atoms with Crippen molar-refractivity contribution >= 4 is 38.6 Å². The lowest BCUT2D eigenvalue weighted by atomic mass is 9.97. The van der Waals surface area contributed by atoms with E-state index in [4.69, 9.17) is 0 Å². The highest BCUT2D eigenvalue weighted by Gasteiger charge is 2.31. The number of amides is 2. The topological polar surface area (TPSA) is 109 Å². The second kappa shape index (κ2) is 8.10. The summed E-state index contributed by atoms with van der Waals surface area (Å²) in [6, 6.07) is 0.366. The number of anilines is 1. The Morgan fingerprint density at radius 3 is 2.83 bits per heavy atom. The van der Waals surface area contributed by atoms with Gasteiger partial charge in [0.25, 0.3) is 5.56 Å². The van der Waals surface area contributed by atoms with Gasteiger partial charge in [-0.15, -0.1) is 0 Å². The van der Waals surface area contributed by atoms with Gasteiger partial charge in [0.15, 0.2) is 10.8 Å². The average Bonchev–Trinajstić information content (AvgIpc) is 3.38. The number of nitrogens with zero attached hydrogens (tertiary/aromatic N) is 4. The number of carbonyl (C=O) groups excluding carboxylic acids is 2. The number of hydrogen-bond acceptors (Lipinski definition) is 7. The van der Waals surface area contributed by atoms with E-state index in [0.717, 1.165) is 32.2 Å². The third-order valence-electron chi connectivity index (χ3n) is 5.12. The fourth-order valence-electron chi connectivity index (χ4n) is 3.52. The maximum Gasteiger partial charge on any atom is 0.273 e. The summed E-state index contributed by atoms with van der Waals surface area (Å²) in [4.78, 5) is 48.0. The van der Waals surface area contributed by atoms with E-state index in [0.29, 0.717) is 28.1 Å². The zero-order valence-corrected chi connectivity index (χ0v) is 17.5. The van der Waals surface area contributed by atoms with Crippen LogP contribution < -0.4 is 21.1 Å². The molecule has 1 aliphatic carbocycles. The van der Waals surface area contributed by atoms with E-state index in [2.05, 4.69) is 25.5 Å². The quantitative estimate of drug-likeness (QED) is 0.721. The fraction of sp³-hybridized carbons (Fsp3) is 0.632. The summed E-state index contributed by atoms with van der Waals surface area (Å²) < 4.78 is 1.74. The molecule has 4 rings (SSSR count). The first kappa shape index (κ1) is 19.8. The van der Waals surface area contributed by atoms with Crippen molar-refractivity contribution in [3.05, 3.63) is 16.7 Å². The van der Waals surface area contributed by atoms with Crippen LogP contribution in [0, 0.1) is 5.92 Å². The number of nitrogens with one attached hydrogen (secondary N) is 2. The van der Waals surface area contributed by atoms with Gasteiger partial charge in [-0.25, -0.2) is 4.98 Å². The van der Waals surface area contributed by atoms with E-state index in [-0.39, 0.29) is 35.9 Å². The first-order valence-corrected chi connectivity index (χ1v) is 10.9. The van der Waals surface area contributed by atoms with Gasteiger partial charge < -0.3 is 15.5 Å². The van der Waals surface area contributed by atoms with Crippen molar-refractivity contribution in [2.45, 2.75) is 58.2 Å². The van der Waals surface area contributed by atoms with E-state index in [9.17, 15) is 14.4 Å². The Bertz CT molecular complexity index is 980. The van der Waals surface area contributed by atoms with Crippen LogP contribution in [0.4, 0.5) is 5.13 Å². The van der Waals surface area contributed by atoms with Crippen LogP contribution in [-0.2, 0) is 16.1 Å². The van der Waals surface area contributed by atoms with E-state index >= 15 is 0 Å². The predicted molar refractivity (Wildman–Crippen MR) is 111 cm³/mol. The predicted octanol–water partition coefficient (Wildman–Crippen LogP) is 0.873. The Kier molecular flexibility index (Phi) is 5.53. The van der Waals surface area contributed by atoms with Gasteiger partial charge in [0.05, 0.1) is 5.92 Å². The molecule has 1 saturated carbocycles. The molecule has 0 unspecified atom stereocenters. The zero-order valence-electron chi connectivity index (χ0n) is 16.7. The van der Waals surface area contributed by atoms with Gasteiger partial charge in [0, 0.05) is 25.2 Å². The van der Waals surface area contributed by atoms with E-state index in [1.54, 1.807) is 0 Å². The Labute approximate surface area is 172 Å². The molecule has 156 valence electrons. The second-order valence-electron chi connectivity index (χ2n) is 8.12. The van der Waals surface area contributed by atoms with E-state index < -0.39 is 0 Å². The van der Waals surface area contributed by atoms with Crippen LogP contribution in [-0.4, -0.2) is 51.5 Å². The largest absolute Gasteiger partial charge is 0.353 e. The minimum absolute atomic E-state index is 0.00839. The van der Waals surface area contributed by atoms with Gasteiger partial charge in [-0.05, 0) is 39.5 Å². The third kappa shape index (κ3) is 4.58. The molecular weight excluding hydrogens is 392 g/mol. The van der Waals surface area contributed by atoms with Crippen molar-refractivity contribution in [1.82, 2.24) is 25.2 Å². The molecule has 0 bridgehead atoms. The third-order valence-corrected chi connectivity index (χ3v) is 6.22.